The average Bonchev–Trinajstić information content (AvgIpc) is 2.44. The third kappa shape index (κ3) is 3.08. The Hall–Kier alpha value is -0.800. The number of nitrogens with one attached hydrogen (secondary N) is 1. The van der Waals surface area contributed by atoms with E-state index in [0.717, 1.165) is 11.5 Å². The summed E-state index contributed by atoms with van der Waals surface area (Å²) >= 11 is 0. The number of hydrogen-bond acceptors (Lipinski definition) is 3. The number of nitrogens with two attached hydrogens (primary N) is 1. The van der Waals surface area contributed by atoms with Crippen LogP contribution in [0.3, 0.4) is 0 Å². The fraction of sp³-hybridized carbons (Fsp3) is 0.667. The molecule has 3 nitrogen and oxygen atoms in total. The highest BCUT2D eigenvalue weighted by Crippen LogP contribution is 2.21. The van der Waals surface area contributed by atoms with Crippen molar-refractivity contribution in [3.8, 4) is 0 Å². The second-order valence-corrected chi connectivity index (χ2v) is 4.40. The highest BCUT2D eigenvalue weighted by Gasteiger charge is 2.16. The van der Waals surface area contributed by atoms with Crippen molar-refractivity contribution >= 4 is 0 Å². The van der Waals surface area contributed by atoms with E-state index >= 15 is 0 Å². The van der Waals surface area contributed by atoms with E-state index in [1.54, 1.807) is 0 Å². The van der Waals surface area contributed by atoms with Crippen molar-refractivity contribution < 1.29 is 4.42 Å². The van der Waals surface area contributed by atoms with Crippen molar-refractivity contribution in [1.82, 2.24) is 5.32 Å². The minimum Gasteiger partial charge on any atom is -0.466 e. The molecule has 0 fully saturated rings. The zero-order valence-electron chi connectivity index (χ0n) is 10.3. The van der Waals surface area contributed by atoms with Crippen LogP contribution < -0.4 is 11.1 Å². The monoisotopic (exact) mass is 210 g/mol. The lowest BCUT2D eigenvalue weighted by atomic mass is 10.1. The predicted octanol–water partition coefficient (Wildman–Crippen LogP) is 2.28. The van der Waals surface area contributed by atoms with Gasteiger partial charge in [0.05, 0.1) is 0 Å². The maximum absolute atomic E-state index is 5.82. The molecule has 86 valence electrons. The number of furan rings is 1. The van der Waals surface area contributed by atoms with E-state index in [9.17, 15) is 0 Å². The lowest BCUT2D eigenvalue weighted by Gasteiger charge is -2.22. The summed E-state index contributed by atoms with van der Waals surface area (Å²) in [6.45, 7) is 10.2. The second kappa shape index (κ2) is 4.81. The molecule has 0 bridgehead atoms. The van der Waals surface area contributed by atoms with E-state index in [0.29, 0.717) is 6.04 Å². The van der Waals surface area contributed by atoms with Crippen LogP contribution in [0.2, 0.25) is 0 Å². The van der Waals surface area contributed by atoms with Gasteiger partial charge >= 0.3 is 0 Å². The van der Waals surface area contributed by atoms with E-state index in [1.807, 2.05) is 20.8 Å². The van der Waals surface area contributed by atoms with Crippen molar-refractivity contribution in [3.63, 3.8) is 0 Å². The third-order valence-electron chi connectivity index (χ3n) is 2.85. The summed E-state index contributed by atoms with van der Waals surface area (Å²) in [5.74, 6) is 1.95. The van der Waals surface area contributed by atoms with Gasteiger partial charge in [-0.1, -0.05) is 0 Å². The Balaban J connectivity index is 2.68. The highest BCUT2D eigenvalue weighted by molar-refractivity contribution is 5.23. The van der Waals surface area contributed by atoms with Crippen molar-refractivity contribution in [2.45, 2.75) is 52.7 Å². The zero-order chi connectivity index (χ0) is 11.6. The van der Waals surface area contributed by atoms with Gasteiger partial charge in [0.2, 0.25) is 0 Å². The summed E-state index contributed by atoms with van der Waals surface area (Å²) in [4.78, 5) is 0. The summed E-state index contributed by atoms with van der Waals surface area (Å²) in [5.41, 5.74) is 7.04. The molecule has 1 aromatic rings. The van der Waals surface area contributed by atoms with E-state index in [-0.39, 0.29) is 12.1 Å². The smallest absolute Gasteiger partial charge is 0.105 e. The van der Waals surface area contributed by atoms with Gasteiger partial charge in [0.1, 0.15) is 11.5 Å². The molecule has 0 aliphatic heterocycles. The minimum absolute atomic E-state index is 0.153. The SMILES string of the molecule is Cc1cc(C(C)NC(C)C(C)N)c(C)o1. The van der Waals surface area contributed by atoms with E-state index in [4.69, 9.17) is 10.2 Å². The van der Waals surface area contributed by atoms with Crippen LogP contribution in [0.1, 0.15) is 43.9 Å². The molecular formula is C12H22N2O. The van der Waals surface area contributed by atoms with Crippen LogP contribution in [0.5, 0.6) is 0 Å². The molecule has 0 aliphatic carbocycles. The first kappa shape index (κ1) is 12.3. The molecule has 3 atom stereocenters. The largest absolute Gasteiger partial charge is 0.466 e. The van der Waals surface area contributed by atoms with Gasteiger partial charge in [-0.15, -0.1) is 0 Å². The first-order valence-electron chi connectivity index (χ1n) is 5.50. The molecule has 1 rings (SSSR count). The Labute approximate surface area is 92.0 Å². The Morgan fingerprint density at radius 2 is 1.87 bits per heavy atom. The summed E-state index contributed by atoms with van der Waals surface area (Å²) in [6.07, 6.45) is 0. The maximum atomic E-state index is 5.82. The third-order valence-corrected chi connectivity index (χ3v) is 2.85. The normalized spacial score (nSPS) is 17.5. The van der Waals surface area contributed by atoms with Crippen LogP contribution in [0.25, 0.3) is 0 Å². The molecular weight excluding hydrogens is 188 g/mol. The predicted molar refractivity (Wildman–Crippen MR) is 62.8 cm³/mol. The maximum Gasteiger partial charge on any atom is 0.105 e. The first-order valence-corrected chi connectivity index (χ1v) is 5.50. The molecule has 0 spiro atoms. The van der Waals surface area contributed by atoms with Crippen LogP contribution >= 0.6 is 0 Å². The van der Waals surface area contributed by atoms with Crippen LogP contribution in [0, 0.1) is 13.8 Å². The van der Waals surface area contributed by atoms with Crippen LogP contribution in [0.4, 0.5) is 0 Å². The van der Waals surface area contributed by atoms with E-state index in [2.05, 4.69) is 25.2 Å². The lowest BCUT2D eigenvalue weighted by Crippen LogP contribution is -2.42. The zero-order valence-corrected chi connectivity index (χ0v) is 10.3. The molecule has 0 saturated carbocycles. The van der Waals surface area contributed by atoms with Crippen molar-refractivity contribution in [1.29, 1.82) is 0 Å². The molecule has 3 heteroatoms. The number of hydrogen-bond donors (Lipinski definition) is 2. The first-order chi connectivity index (χ1) is 6.91. The van der Waals surface area contributed by atoms with Gasteiger partial charge in [-0.3, -0.25) is 0 Å². The molecule has 0 aliphatic rings. The quantitative estimate of drug-likeness (QED) is 0.801. The van der Waals surface area contributed by atoms with Crippen LogP contribution in [0.15, 0.2) is 10.5 Å². The Morgan fingerprint density at radius 3 is 2.27 bits per heavy atom. The van der Waals surface area contributed by atoms with Crippen molar-refractivity contribution in [2.75, 3.05) is 0 Å². The Kier molecular flexibility index (Phi) is 3.94. The topological polar surface area (TPSA) is 51.2 Å². The van der Waals surface area contributed by atoms with Gasteiger partial charge in [-0.2, -0.15) is 0 Å². The molecule has 1 aromatic heterocycles. The van der Waals surface area contributed by atoms with E-state index < -0.39 is 0 Å². The van der Waals surface area contributed by atoms with Gasteiger partial charge in [0.15, 0.2) is 0 Å². The van der Waals surface area contributed by atoms with Gasteiger partial charge < -0.3 is 15.5 Å². The fourth-order valence-corrected chi connectivity index (χ4v) is 1.72. The number of aryl methyl sites for hydroxylation is 2. The van der Waals surface area contributed by atoms with Crippen molar-refractivity contribution in [3.05, 3.63) is 23.2 Å². The molecule has 3 unspecified atom stereocenters. The van der Waals surface area contributed by atoms with Crippen LogP contribution in [-0.2, 0) is 0 Å². The average molecular weight is 210 g/mol. The summed E-state index contributed by atoms with van der Waals surface area (Å²) in [7, 11) is 0. The van der Waals surface area contributed by atoms with Crippen LogP contribution in [-0.4, -0.2) is 12.1 Å². The Morgan fingerprint density at radius 1 is 1.27 bits per heavy atom. The van der Waals surface area contributed by atoms with Gasteiger partial charge in [0.25, 0.3) is 0 Å². The molecule has 0 radical (unpaired) electrons. The molecule has 1 heterocycles. The van der Waals surface area contributed by atoms with E-state index in [1.165, 1.54) is 5.56 Å². The molecule has 3 N–H and O–H groups in total. The summed E-state index contributed by atoms with van der Waals surface area (Å²) in [6, 6.07) is 2.82. The second-order valence-electron chi connectivity index (χ2n) is 4.40. The van der Waals surface area contributed by atoms with Gasteiger partial charge in [-0.05, 0) is 40.7 Å². The van der Waals surface area contributed by atoms with Crippen molar-refractivity contribution in [2.24, 2.45) is 5.73 Å². The highest BCUT2D eigenvalue weighted by atomic mass is 16.3. The molecule has 0 aromatic carbocycles. The minimum atomic E-state index is 0.153. The molecule has 15 heavy (non-hydrogen) atoms. The standard InChI is InChI=1S/C12H22N2O/c1-7-6-12(11(5)15-7)10(4)14-9(3)8(2)13/h6,8-10,14H,13H2,1-5H3. The molecule has 0 amide bonds. The fourth-order valence-electron chi connectivity index (χ4n) is 1.72. The van der Waals surface area contributed by atoms with Gasteiger partial charge in [-0.25, -0.2) is 0 Å². The van der Waals surface area contributed by atoms with Gasteiger partial charge in [0, 0.05) is 23.7 Å². The lowest BCUT2D eigenvalue weighted by molar-refractivity contribution is 0.423. The summed E-state index contributed by atoms with van der Waals surface area (Å²) in [5, 5.41) is 3.46. The molecule has 0 saturated heterocycles. The number of rotatable bonds is 4. The Bertz CT molecular complexity index is 317. The summed E-state index contributed by atoms with van der Waals surface area (Å²) < 4.78 is 5.51.